The summed E-state index contributed by atoms with van der Waals surface area (Å²) >= 11 is 0. The Morgan fingerprint density at radius 3 is 2.52 bits per heavy atom. The van der Waals surface area contributed by atoms with Crippen LogP contribution < -0.4 is 5.32 Å². The van der Waals surface area contributed by atoms with Gasteiger partial charge in [-0.05, 0) is 32.8 Å². The monoisotopic (exact) mass is 376 g/mol. The average Bonchev–Trinajstić information content (AvgIpc) is 3.05. The van der Waals surface area contributed by atoms with Crippen molar-refractivity contribution in [3.05, 3.63) is 35.9 Å². The van der Waals surface area contributed by atoms with Gasteiger partial charge in [-0.3, -0.25) is 9.59 Å². The predicted octanol–water partition coefficient (Wildman–Crippen LogP) is 2.64. The molecule has 0 aromatic heterocycles. The van der Waals surface area contributed by atoms with Crippen LogP contribution in [-0.4, -0.2) is 47.6 Å². The minimum absolute atomic E-state index is 0.0479. The molecule has 1 aliphatic heterocycles. The second-order valence-electron chi connectivity index (χ2n) is 7.62. The minimum atomic E-state index is -0.557. The number of esters is 1. The number of benzene rings is 1. The highest BCUT2D eigenvalue weighted by atomic mass is 16.6. The second-order valence-corrected chi connectivity index (χ2v) is 7.62. The molecule has 0 radical (unpaired) electrons. The molecule has 1 N–H and O–H groups in total. The fourth-order valence-corrected chi connectivity index (χ4v) is 2.76. The Bertz CT molecular complexity index is 654. The van der Waals surface area contributed by atoms with Crippen molar-refractivity contribution >= 4 is 18.0 Å². The van der Waals surface area contributed by atoms with Crippen LogP contribution in [0.3, 0.4) is 0 Å². The number of likely N-dealkylation sites (tertiary alicyclic amines) is 1. The molecule has 1 aliphatic rings. The molecule has 7 nitrogen and oxygen atoms in total. The zero-order valence-corrected chi connectivity index (χ0v) is 16.2. The van der Waals surface area contributed by atoms with Crippen molar-refractivity contribution in [1.29, 1.82) is 0 Å². The fraction of sp³-hybridized carbons (Fsp3) is 0.550. The fourth-order valence-electron chi connectivity index (χ4n) is 2.76. The summed E-state index contributed by atoms with van der Waals surface area (Å²) in [5.41, 5.74) is 0.353. The third-order valence-corrected chi connectivity index (χ3v) is 4.05. The Morgan fingerprint density at radius 2 is 1.85 bits per heavy atom. The molecule has 1 atom stereocenters. The topological polar surface area (TPSA) is 84.9 Å². The first-order chi connectivity index (χ1) is 12.7. The molecule has 1 unspecified atom stereocenters. The number of alkyl carbamates (subject to hydrolysis) is 1. The van der Waals surface area contributed by atoms with Crippen molar-refractivity contribution in [1.82, 2.24) is 10.2 Å². The van der Waals surface area contributed by atoms with Crippen molar-refractivity contribution < 1.29 is 23.9 Å². The van der Waals surface area contributed by atoms with E-state index in [2.05, 4.69) is 5.32 Å². The number of rotatable bonds is 6. The molecule has 1 aromatic rings. The van der Waals surface area contributed by atoms with E-state index in [9.17, 15) is 14.4 Å². The van der Waals surface area contributed by atoms with Gasteiger partial charge in [-0.2, -0.15) is 0 Å². The van der Waals surface area contributed by atoms with E-state index >= 15 is 0 Å². The van der Waals surface area contributed by atoms with Gasteiger partial charge >= 0.3 is 12.1 Å². The second kappa shape index (κ2) is 9.39. The Hall–Kier alpha value is -2.57. The van der Waals surface area contributed by atoms with Gasteiger partial charge in [-0.1, -0.05) is 30.3 Å². The number of hydrogen-bond acceptors (Lipinski definition) is 5. The van der Waals surface area contributed by atoms with Crippen LogP contribution in [0.5, 0.6) is 0 Å². The Labute approximate surface area is 160 Å². The number of amides is 2. The molecule has 2 rings (SSSR count). The smallest absolute Gasteiger partial charge is 0.407 e. The van der Waals surface area contributed by atoms with Gasteiger partial charge in [-0.15, -0.1) is 0 Å². The zero-order chi connectivity index (χ0) is 19.9. The standard InChI is InChI=1S/C20H28N2O5/c1-20(2,3)27-19(25)21-16-11-12-22(13-16)17(23)9-10-18(24)26-14-15-7-5-4-6-8-15/h4-8,16H,9-14H2,1-3H3,(H,21,25). The molecule has 0 bridgehead atoms. The summed E-state index contributed by atoms with van der Waals surface area (Å²) in [4.78, 5) is 37.5. The van der Waals surface area contributed by atoms with E-state index in [0.717, 1.165) is 5.56 Å². The SMILES string of the molecule is CC(C)(C)OC(=O)NC1CCN(C(=O)CCC(=O)OCc2ccccc2)C1. The highest BCUT2D eigenvalue weighted by Gasteiger charge is 2.28. The van der Waals surface area contributed by atoms with Gasteiger partial charge in [0.15, 0.2) is 0 Å². The number of carbonyl (C=O) groups excluding carboxylic acids is 3. The maximum Gasteiger partial charge on any atom is 0.407 e. The lowest BCUT2D eigenvalue weighted by molar-refractivity contribution is -0.147. The number of nitrogens with zero attached hydrogens (tertiary/aromatic N) is 1. The van der Waals surface area contributed by atoms with Crippen LogP contribution in [0.2, 0.25) is 0 Å². The molecule has 27 heavy (non-hydrogen) atoms. The summed E-state index contributed by atoms with van der Waals surface area (Å²) in [6, 6.07) is 9.27. The molecule has 1 heterocycles. The van der Waals surface area contributed by atoms with E-state index < -0.39 is 17.7 Å². The Morgan fingerprint density at radius 1 is 1.15 bits per heavy atom. The average molecular weight is 376 g/mol. The van der Waals surface area contributed by atoms with Gasteiger partial charge in [0, 0.05) is 19.5 Å². The molecule has 148 valence electrons. The van der Waals surface area contributed by atoms with Gasteiger partial charge in [-0.25, -0.2) is 4.79 Å². The Kier molecular flexibility index (Phi) is 7.21. The van der Waals surface area contributed by atoms with Crippen molar-refractivity contribution in [2.45, 2.75) is 58.3 Å². The van der Waals surface area contributed by atoms with Crippen LogP contribution in [0, 0.1) is 0 Å². The maximum absolute atomic E-state index is 12.3. The molecule has 0 aliphatic carbocycles. The van der Waals surface area contributed by atoms with E-state index in [1.807, 2.05) is 30.3 Å². The third kappa shape index (κ3) is 7.68. The van der Waals surface area contributed by atoms with E-state index in [-0.39, 0.29) is 31.4 Å². The van der Waals surface area contributed by atoms with Crippen LogP contribution in [0.1, 0.15) is 45.6 Å². The zero-order valence-electron chi connectivity index (χ0n) is 16.2. The molecular weight excluding hydrogens is 348 g/mol. The van der Waals surface area contributed by atoms with Crippen LogP contribution in [0.25, 0.3) is 0 Å². The highest BCUT2D eigenvalue weighted by Crippen LogP contribution is 2.13. The lowest BCUT2D eigenvalue weighted by atomic mass is 10.2. The lowest BCUT2D eigenvalue weighted by Gasteiger charge is -2.22. The van der Waals surface area contributed by atoms with Crippen LogP contribution in [0.4, 0.5) is 4.79 Å². The van der Waals surface area contributed by atoms with Gasteiger partial charge < -0.3 is 19.7 Å². The van der Waals surface area contributed by atoms with Crippen LogP contribution in [-0.2, 0) is 25.7 Å². The van der Waals surface area contributed by atoms with Crippen molar-refractivity contribution in [3.8, 4) is 0 Å². The lowest BCUT2D eigenvalue weighted by Crippen LogP contribution is -2.41. The first-order valence-corrected chi connectivity index (χ1v) is 9.20. The van der Waals surface area contributed by atoms with Crippen molar-refractivity contribution in [3.63, 3.8) is 0 Å². The number of ether oxygens (including phenoxy) is 2. The highest BCUT2D eigenvalue weighted by molar-refractivity contribution is 5.81. The number of hydrogen-bond donors (Lipinski definition) is 1. The van der Waals surface area contributed by atoms with Gasteiger partial charge in [0.05, 0.1) is 12.5 Å². The van der Waals surface area contributed by atoms with Gasteiger partial charge in [0.25, 0.3) is 0 Å². The van der Waals surface area contributed by atoms with E-state index in [1.165, 1.54) is 0 Å². The Balaban J connectivity index is 1.66. The van der Waals surface area contributed by atoms with Gasteiger partial charge in [0.1, 0.15) is 12.2 Å². The quantitative estimate of drug-likeness (QED) is 0.772. The molecule has 1 saturated heterocycles. The normalized spacial score (nSPS) is 16.7. The third-order valence-electron chi connectivity index (χ3n) is 4.05. The summed E-state index contributed by atoms with van der Waals surface area (Å²) < 4.78 is 10.4. The van der Waals surface area contributed by atoms with E-state index in [0.29, 0.717) is 19.5 Å². The summed E-state index contributed by atoms with van der Waals surface area (Å²) in [5, 5.41) is 2.78. The number of nitrogens with one attached hydrogen (secondary N) is 1. The molecule has 2 amide bonds. The van der Waals surface area contributed by atoms with Crippen molar-refractivity contribution in [2.75, 3.05) is 13.1 Å². The first kappa shape index (κ1) is 20.7. The summed E-state index contributed by atoms with van der Waals surface area (Å²) in [5.74, 6) is -0.505. The minimum Gasteiger partial charge on any atom is -0.461 e. The molecule has 1 aromatic carbocycles. The molecule has 0 spiro atoms. The summed E-state index contributed by atoms with van der Waals surface area (Å²) in [6.45, 7) is 6.59. The molecular formula is C20H28N2O5. The van der Waals surface area contributed by atoms with Crippen LogP contribution in [0.15, 0.2) is 30.3 Å². The maximum atomic E-state index is 12.3. The number of carbonyl (C=O) groups is 3. The largest absolute Gasteiger partial charge is 0.461 e. The predicted molar refractivity (Wildman–Crippen MR) is 99.8 cm³/mol. The van der Waals surface area contributed by atoms with Crippen LogP contribution >= 0.6 is 0 Å². The first-order valence-electron chi connectivity index (χ1n) is 9.20. The summed E-state index contributed by atoms with van der Waals surface area (Å²) in [6.07, 6.45) is 0.342. The van der Waals surface area contributed by atoms with E-state index in [4.69, 9.17) is 9.47 Å². The van der Waals surface area contributed by atoms with Gasteiger partial charge in [0.2, 0.25) is 5.91 Å². The molecule has 1 fully saturated rings. The summed E-state index contributed by atoms with van der Waals surface area (Å²) in [7, 11) is 0. The molecule has 7 heteroatoms. The van der Waals surface area contributed by atoms with Crippen molar-refractivity contribution in [2.24, 2.45) is 0 Å². The van der Waals surface area contributed by atoms with E-state index in [1.54, 1.807) is 25.7 Å². The molecule has 0 saturated carbocycles.